The molecule has 5 heteroatoms. The third-order valence-corrected chi connectivity index (χ3v) is 5.90. The number of carbonyl (C=O) groups is 1. The predicted octanol–water partition coefficient (Wildman–Crippen LogP) is 2.45. The highest BCUT2D eigenvalue weighted by Gasteiger charge is 2.45. The maximum Gasteiger partial charge on any atom is 0.257 e. The van der Waals surface area contributed by atoms with Gasteiger partial charge in [-0.3, -0.25) is 9.69 Å². The summed E-state index contributed by atoms with van der Waals surface area (Å²) in [6.45, 7) is 6.75. The van der Waals surface area contributed by atoms with Crippen molar-refractivity contribution in [2.24, 2.45) is 0 Å². The molecule has 0 aliphatic carbocycles. The summed E-state index contributed by atoms with van der Waals surface area (Å²) in [6.07, 6.45) is 7.31. The molecule has 0 N–H and O–H groups in total. The molecule has 1 aromatic rings. The zero-order valence-electron chi connectivity index (χ0n) is 13.9. The quantitative estimate of drug-likeness (QED) is 0.840. The Bertz CT molecular complexity index is 569. The predicted molar refractivity (Wildman–Crippen MR) is 86.5 cm³/mol. The maximum absolute atomic E-state index is 12.6. The molecule has 5 nitrogen and oxygen atoms in total. The number of aryl methyl sites for hydroxylation is 1. The highest BCUT2D eigenvalue weighted by molar-refractivity contribution is 5.95. The van der Waals surface area contributed by atoms with Crippen molar-refractivity contribution in [1.29, 1.82) is 0 Å². The molecule has 0 unspecified atom stereocenters. The van der Waals surface area contributed by atoms with Crippen molar-refractivity contribution in [2.75, 3.05) is 32.8 Å². The normalized spacial score (nSPS) is 27.9. The fourth-order valence-electron chi connectivity index (χ4n) is 4.40. The SMILES string of the molecule is Cc1occc1C(=O)N1CCC2(CC1)C[C@H](N1CCCC1)CO2. The van der Waals surface area contributed by atoms with E-state index in [1.165, 1.54) is 25.9 Å². The molecule has 1 atom stereocenters. The summed E-state index contributed by atoms with van der Waals surface area (Å²) in [5.41, 5.74) is 0.707. The first-order chi connectivity index (χ1) is 11.2. The zero-order chi connectivity index (χ0) is 15.9. The number of hydrogen-bond donors (Lipinski definition) is 0. The Labute approximate surface area is 137 Å². The van der Waals surface area contributed by atoms with Gasteiger partial charge in [0.1, 0.15) is 5.76 Å². The van der Waals surface area contributed by atoms with Gasteiger partial charge < -0.3 is 14.1 Å². The molecule has 4 rings (SSSR count). The smallest absolute Gasteiger partial charge is 0.257 e. The Kier molecular flexibility index (Phi) is 3.93. The van der Waals surface area contributed by atoms with Crippen LogP contribution in [0.2, 0.25) is 0 Å². The van der Waals surface area contributed by atoms with Gasteiger partial charge in [-0.1, -0.05) is 0 Å². The second kappa shape index (κ2) is 5.95. The van der Waals surface area contributed by atoms with E-state index in [0.29, 0.717) is 17.4 Å². The Morgan fingerprint density at radius 3 is 2.61 bits per heavy atom. The summed E-state index contributed by atoms with van der Waals surface area (Å²) in [5, 5.41) is 0. The van der Waals surface area contributed by atoms with Crippen LogP contribution in [0.1, 0.15) is 48.2 Å². The fraction of sp³-hybridized carbons (Fsp3) is 0.722. The van der Waals surface area contributed by atoms with Gasteiger partial charge in [0.05, 0.1) is 24.0 Å². The van der Waals surface area contributed by atoms with Crippen LogP contribution in [0.15, 0.2) is 16.7 Å². The zero-order valence-corrected chi connectivity index (χ0v) is 13.9. The summed E-state index contributed by atoms with van der Waals surface area (Å²) < 4.78 is 11.5. The molecular formula is C18H26N2O3. The highest BCUT2D eigenvalue weighted by Crippen LogP contribution is 2.38. The van der Waals surface area contributed by atoms with Gasteiger partial charge in [0.2, 0.25) is 0 Å². The first-order valence-corrected chi connectivity index (χ1v) is 8.88. The van der Waals surface area contributed by atoms with E-state index in [1.54, 1.807) is 12.3 Å². The van der Waals surface area contributed by atoms with Crippen molar-refractivity contribution in [3.63, 3.8) is 0 Å². The molecule has 0 bridgehead atoms. The summed E-state index contributed by atoms with van der Waals surface area (Å²) in [5.74, 6) is 0.807. The van der Waals surface area contributed by atoms with Crippen LogP contribution in [-0.2, 0) is 4.74 Å². The van der Waals surface area contributed by atoms with E-state index in [4.69, 9.17) is 9.15 Å². The summed E-state index contributed by atoms with van der Waals surface area (Å²) >= 11 is 0. The summed E-state index contributed by atoms with van der Waals surface area (Å²) in [4.78, 5) is 17.1. The van der Waals surface area contributed by atoms with E-state index in [0.717, 1.165) is 39.0 Å². The van der Waals surface area contributed by atoms with Crippen LogP contribution in [0, 0.1) is 6.92 Å². The first kappa shape index (κ1) is 15.2. The van der Waals surface area contributed by atoms with Gasteiger partial charge in [-0.15, -0.1) is 0 Å². The van der Waals surface area contributed by atoms with E-state index in [1.807, 2.05) is 11.8 Å². The minimum Gasteiger partial charge on any atom is -0.469 e. The Balaban J connectivity index is 1.36. The average molecular weight is 318 g/mol. The van der Waals surface area contributed by atoms with Crippen LogP contribution in [0.3, 0.4) is 0 Å². The van der Waals surface area contributed by atoms with E-state index < -0.39 is 0 Å². The van der Waals surface area contributed by atoms with Crippen molar-refractivity contribution >= 4 is 5.91 Å². The standard InChI is InChI=1S/C18H26N2O3/c1-14-16(4-11-22-14)17(21)20-9-5-18(6-10-20)12-15(13-23-18)19-7-2-3-8-19/h4,11,15H,2-3,5-10,12-13H2,1H3/t15-/m0/s1. The van der Waals surface area contributed by atoms with Gasteiger partial charge in [0.15, 0.2) is 0 Å². The molecule has 1 amide bonds. The lowest BCUT2D eigenvalue weighted by molar-refractivity contribution is -0.0393. The number of hydrogen-bond acceptors (Lipinski definition) is 4. The molecule has 0 saturated carbocycles. The largest absolute Gasteiger partial charge is 0.469 e. The Morgan fingerprint density at radius 2 is 1.96 bits per heavy atom. The van der Waals surface area contributed by atoms with Crippen LogP contribution in [0.5, 0.6) is 0 Å². The van der Waals surface area contributed by atoms with Gasteiger partial charge >= 0.3 is 0 Å². The Morgan fingerprint density at radius 1 is 1.22 bits per heavy atom. The van der Waals surface area contributed by atoms with Gasteiger partial charge in [0.25, 0.3) is 5.91 Å². The van der Waals surface area contributed by atoms with Crippen molar-refractivity contribution in [3.8, 4) is 0 Å². The van der Waals surface area contributed by atoms with Crippen molar-refractivity contribution in [2.45, 2.75) is 50.7 Å². The number of nitrogens with zero attached hydrogens (tertiary/aromatic N) is 2. The third-order valence-electron chi connectivity index (χ3n) is 5.90. The number of likely N-dealkylation sites (tertiary alicyclic amines) is 2. The van der Waals surface area contributed by atoms with Gasteiger partial charge in [-0.25, -0.2) is 0 Å². The molecule has 1 aromatic heterocycles. The molecule has 3 saturated heterocycles. The molecule has 1 spiro atoms. The minimum atomic E-state index is 0.00940. The van der Waals surface area contributed by atoms with E-state index in [-0.39, 0.29) is 11.5 Å². The lowest BCUT2D eigenvalue weighted by Gasteiger charge is -2.39. The molecule has 3 aliphatic rings. The van der Waals surface area contributed by atoms with Gasteiger partial charge in [-0.05, 0) is 58.2 Å². The number of carbonyl (C=O) groups excluding carboxylic acids is 1. The van der Waals surface area contributed by atoms with Crippen molar-refractivity contribution in [1.82, 2.24) is 9.80 Å². The molecule has 0 aromatic carbocycles. The molecular weight excluding hydrogens is 292 g/mol. The van der Waals surface area contributed by atoms with Crippen LogP contribution < -0.4 is 0 Å². The average Bonchev–Trinajstić information content (AvgIpc) is 3.28. The second-order valence-corrected chi connectivity index (χ2v) is 7.28. The topological polar surface area (TPSA) is 45.9 Å². The maximum atomic E-state index is 12.6. The first-order valence-electron chi connectivity index (χ1n) is 8.88. The lowest BCUT2D eigenvalue weighted by atomic mass is 9.87. The number of rotatable bonds is 2. The lowest BCUT2D eigenvalue weighted by Crippen LogP contribution is -2.47. The number of piperidine rings is 1. The molecule has 4 heterocycles. The van der Waals surface area contributed by atoms with Crippen LogP contribution in [-0.4, -0.2) is 60.1 Å². The van der Waals surface area contributed by atoms with E-state index in [9.17, 15) is 4.79 Å². The summed E-state index contributed by atoms with van der Waals surface area (Å²) in [7, 11) is 0. The molecule has 126 valence electrons. The molecule has 23 heavy (non-hydrogen) atoms. The van der Waals surface area contributed by atoms with Crippen LogP contribution >= 0.6 is 0 Å². The molecule has 0 radical (unpaired) electrons. The Hall–Kier alpha value is -1.33. The minimum absolute atomic E-state index is 0.00940. The van der Waals surface area contributed by atoms with E-state index in [2.05, 4.69) is 4.90 Å². The third kappa shape index (κ3) is 2.81. The monoisotopic (exact) mass is 318 g/mol. The number of ether oxygens (including phenoxy) is 1. The number of furan rings is 1. The summed E-state index contributed by atoms with van der Waals surface area (Å²) in [6, 6.07) is 2.37. The van der Waals surface area contributed by atoms with Crippen molar-refractivity contribution < 1.29 is 13.9 Å². The molecule has 3 fully saturated rings. The number of amides is 1. The van der Waals surface area contributed by atoms with Gasteiger partial charge in [0, 0.05) is 19.1 Å². The highest BCUT2D eigenvalue weighted by atomic mass is 16.5. The van der Waals surface area contributed by atoms with Gasteiger partial charge in [-0.2, -0.15) is 0 Å². The van der Waals surface area contributed by atoms with Crippen LogP contribution in [0.25, 0.3) is 0 Å². The van der Waals surface area contributed by atoms with E-state index >= 15 is 0 Å². The molecule has 3 aliphatic heterocycles. The second-order valence-electron chi connectivity index (χ2n) is 7.28. The van der Waals surface area contributed by atoms with Crippen LogP contribution in [0.4, 0.5) is 0 Å². The fourth-order valence-corrected chi connectivity index (χ4v) is 4.40. The van der Waals surface area contributed by atoms with Crippen molar-refractivity contribution in [3.05, 3.63) is 23.7 Å².